The lowest BCUT2D eigenvalue weighted by Crippen LogP contribution is -2.43. The molecular formula is C15H23N3O2. The van der Waals surface area contributed by atoms with Crippen LogP contribution in [0, 0.1) is 0 Å². The number of nitrogens with one attached hydrogen (secondary N) is 2. The molecule has 5 nitrogen and oxygen atoms in total. The SMILES string of the molecule is C[C@@H](CNC(=O)C(=O)NCCN(C)C)c1ccccc1. The molecule has 1 aromatic carbocycles. The smallest absolute Gasteiger partial charge is 0.309 e. The third kappa shape index (κ3) is 5.84. The summed E-state index contributed by atoms with van der Waals surface area (Å²) in [5.74, 6) is -0.978. The Balaban J connectivity index is 2.30. The van der Waals surface area contributed by atoms with Crippen molar-refractivity contribution in [3.05, 3.63) is 35.9 Å². The molecule has 0 aromatic heterocycles. The summed E-state index contributed by atoms with van der Waals surface area (Å²) in [6.07, 6.45) is 0. The number of carbonyl (C=O) groups is 2. The van der Waals surface area contributed by atoms with Crippen LogP contribution in [0.1, 0.15) is 18.4 Å². The summed E-state index contributed by atoms with van der Waals surface area (Å²) in [6.45, 7) is 3.64. The van der Waals surface area contributed by atoms with E-state index in [1.165, 1.54) is 0 Å². The van der Waals surface area contributed by atoms with Gasteiger partial charge < -0.3 is 15.5 Å². The first-order valence-corrected chi connectivity index (χ1v) is 6.76. The fraction of sp³-hybridized carbons (Fsp3) is 0.467. The summed E-state index contributed by atoms with van der Waals surface area (Å²) >= 11 is 0. The highest BCUT2D eigenvalue weighted by Crippen LogP contribution is 2.12. The number of amides is 2. The van der Waals surface area contributed by atoms with E-state index < -0.39 is 11.8 Å². The molecule has 0 radical (unpaired) electrons. The van der Waals surface area contributed by atoms with E-state index in [0.29, 0.717) is 19.6 Å². The summed E-state index contributed by atoms with van der Waals surface area (Å²) in [6, 6.07) is 9.89. The zero-order valence-corrected chi connectivity index (χ0v) is 12.3. The van der Waals surface area contributed by atoms with Crippen LogP contribution in [0.2, 0.25) is 0 Å². The van der Waals surface area contributed by atoms with Gasteiger partial charge in [0.05, 0.1) is 0 Å². The Labute approximate surface area is 120 Å². The molecule has 0 spiro atoms. The van der Waals surface area contributed by atoms with Crippen LogP contribution in [0.15, 0.2) is 30.3 Å². The predicted molar refractivity (Wildman–Crippen MR) is 79.4 cm³/mol. The summed E-state index contributed by atoms with van der Waals surface area (Å²) in [4.78, 5) is 25.1. The Morgan fingerprint density at radius 1 is 1.10 bits per heavy atom. The van der Waals surface area contributed by atoms with Crippen molar-refractivity contribution in [2.45, 2.75) is 12.8 Å². The third-order valence-corrected chi connectivity index (χ3v) is 2.99. The van der Waals surface area contributed by atoms with Crippen molar-refractivity contribution in [1.29, 1.82) is 0 Å². The van der Waals surface area contributed by atoms with Gasteiger partial charge in [-0.3, -0.25) is 9.59 Å². The molecule has 20 heavy (non-hydrogen) atoms. The van der Waals surface area contributed by atoms with Gasteiger partial charge in [0.25, 0.3) is 0 Å². The molecule has 0 aliphatic rings. The minimum Gasteiger partial charge on any atom is -0.347 e. The van der Waals surface area contributed by atoms with Gasteiger partial charge in [-0.05, 0) is 25.6 Å². The van der Waals surface area contributed by atoms with Crippen molar-refractivity contribution in [2.24, 2.45) is 0 Å². The lowest BCUT2D eigenvalue weighted by molar-refractivity contribution is -0.139. The summed E-state index contributed by atoms with van der Waals surface area (Å²) in [5, 5.41) is 5.24. The molecule has 2 amide bonds. The van der Waals surface area contributed by atoms with E-state index in [4.69, 9.17) is 0 Å². The number of hydrogen-bond acceptors (Lipinski definition) is 3. The van der Waals surface area contributed by atoms with Gasteiger partial charge in [-0.1, -0.05) is 37.3 Å². The average Bonchev–Trinajstić information content (AvgIpc) is 2.44. The molecule has 0 bridgehead atoms. The van der Waals surface area contributed by atoms with E-state index in [1.54, 1.807) is 0 Å². The van der Waals surface area contributed by atoms with Crippen LogP contribution in [0.3, 0.4) is 0 Å². The minimum atomic E-state index is -0.577. The molecule has 0 saturated carbocycles. The maximum Gasteiger partial charge on any atom is 0.309 e. The van der Waals surface area contributed by atoms with Gasteiger partial charge in [0, 0.05) is 19.6 Å². The summed E-state index contributed by atoms with van der Waals surface area (Å²) in [5.41, 5.74) is 1.14. The zero-order chi connectivity index (χ0) is 15.0. The number of nitrogens with zero attached hydrogens (tertiary/aromatic N) is 1. The fourth-order valence-electron chi connectivity index (χ4n) is 1.70. The number of likely N-dealkylation sites (N-methyl/N-ethyl adjacent to an activating group) is 1. The molecule has 1 aromatic rings. The molecule has 5 heteroatoms. The Hall–Kier alpha value is -1.88. The molecule has 0 saturated heterocycles. The van der Waals surface area contributed by atoms with E-state index in [9.17, 15) is 9.59 Å². The van der Waals surface area contributed by atoms with Crippen LogP contribution >= 0.6 is 0 Å². The van der Waals surface area contributed by atoms with Crippen LogP contribution in [0.5, 0.6) is 0 Å². The normalized spacial score (nSPS) is 12.0. The van der Waals surface area contributed by atoms with Crippen LogP contribution in [-0.4, -0.2) is 50.4 Å². The molecule has 0 heterocycles. The number of hydrogen-bond donors (Lipinski definition) is 2. The van der Waals surface area contributed by atoms with Crippen molar-refractivity contribution in [1.82, 2.24) is 15.5 Å². The molecule has 0 aliphatic carbocycles. The monoisotopic (exact) mass is 277 g/mol. The Morgan fingerprint density at radius 2 is 1.70 bits per heavy atom. The fourth-order valence-corrected chi connectivity index (χ4v) is 1.70. The van der Waals surface area contributed by atoms with Crippen molar-refractivity contribution < 1.29 is 9.59 Å². The lowest BCUT2D eigenvalue weighted by Gasteiger charge is -2.13. The third-order valence-electron chi connectivity index (χ3n) is 2.99. The molecule has 0 fully saturated rings. The first kappa shape index (κ1) is 16.2. The van der Waals surface area contributed by atoms with E-state index in [0.717, 1.165) is 5.56 Å². The molecule has 1 rings (SSSR count). The molecular weight excluding hydrogens is 254 g/mol. The first-order chi connectivity index (χ1) is 9.50. The second-order valence-electron chi connectivity index (χ2n) is 5.08. The van der Waals surface area contributed by atoms with Gasteiger partial charge in [0.15, 0.2) is 0 Å². The second-order valence-corrected chi connectivity index (χ2v) is 5.08. The summed E-state index contributed by atoms with van der Waals surface area (Å²) < 4.78 is 0. The molecule has 0 unspecified atom stereocenters. The standard InChI is InChI=1S/C15H23N3O2/c1-12(13-7-5-4-6-8-13)11-17-15(20)14(19)16-9-10-18(2)3/h4-8,12H,9-11H2,1-3H3,(H,16,19)(H,17,20)/t12-/m0/s1. The van der Waals surface area contributed by atoms with Gasteiger partial charge in [0.1, 0.15) is 0 Å². The lowest BCUT2D eigenvalue weighted by atomic mass is 10.0. The second kappa shape index (κ2) is 8.32. The van der Waals surface area contributed by atoms with Gasteiger partial charge in [-0.15, -0.1) is 0 Å². The van der Waals surface area contributed by atoms with Crippen molar-refractivity contribution in [3.8, 4) is 0 Å². The highest BCUT2D eigenvalue weighted by atomic mass is 16.2. The first-order valence-electron chi connectivity index (χ1n) is 6.76. The van der Waals surface area contributed by atoms with Crippen molar-refractivity contribution >= 4 is 11.8 Å². The van der Waals surface area contributed by atoms with Gasteiger partial charge in [-0.25, -0.2) is 0 Å². The van der Waals surface area contributed by atoms with Crippen LogP contribution in [-0.2, 0) is 9.59 Å². The Kier molecular flexibility index (Phi) is 6.73. The van der Waals surface area contributed by atoms with E-state index >= 15 is 0 Å². The van der Waals surface area contributed by atoms with Crippen LogP contribution < -0.4 is 10.6 Å². The highest BCUT2D eigenvalue weighted by Gasteiger charge is 2.14. The van der Waals surface area contributed by atoms with E-state index in [2.05, 4.69) is 10.6 Å². The minimum absolute atomic E-state index is 0.176. The van der Waals surface area contributed by atoms with Gasteiger partial charge in [0.2, 0.25) is 0 Å². The van der Waals surface area contributed by atoms with Gasteiger partial charge >= 0.3 is 11.8 Å². The van der Waals surface area contributed by atoms with Crippen LogP contribution in [0.25, 0.3) is 0 Å². The van der Waals surface area contributed by atoms with Gasteiger partial charge in [-0.2, -0.15) is 0 Å². The highest BCUT2D eigenvalue weighted by molar-refractivity contribution is 6.35. The topological polar surface area (TPSA) is 61.4 Å². The van der Waals surface area contributed by atoms with E-state index in [1.807, 2.05) is 56.3 Å². The zero-order valence-electron chi connectivity index (χ0n) is 12.3. The number of carbonyl (C=O) groups excluding carboxylic acids is 2. The largest absolute Gasteiger partial charge is 0.347 e. The van der Waals surface area contributed by atoms with Crippen LogP contribution in [0.4, 0.5) is 0 Å². The Bertz CT molecular complexity index is 432. The number of rotatable bonds is 6. The maximum absolute atomic E-state index is 11.6. The van der Waals surface area contributed by atoms with Crippen molar-refractivity contribution in [3.63, 3.8) is 0 Å². The maximum atomic E-state index is 11.6. The predicted octanol–water partition coefficient (Wildman–Crippen LogP) is 0.584. The molecule has 2 N–H and O–H groups in total. The summed E-state index contributed by atoms with van der Waals surface area (Å²) in [7, 11) is 3.82. The quantitative estimate of drug-likeness (QED) is 0.748. The molecule has 0 aliphatic heterocycles. The van der Waals surface area contributed by atoms with Crippen molar-refractivity contribution in [2.75, 3.05) is 33.7 Å². The molecule has 110 valence electrons. The Morgan fingerprint density at radius 3 is 2.30 bits per heavy atom. The molecule has 1 atom stereocenters. The number of benzene rings is 1. The average molecular weight is 277 g/mol. The van der Waals surface area contributed by atoms with E-state index in [-0.39, 0.29) is 5.92 Å².